The van der Waals surface area contributed by atoms with Crippen molar-refractivity contribution in [3.05, 3.63) is 45.4 Å². The van der Waals surface area contributed by atoms with Gasteiger partial charge in [-0.1, -0.05) is 37.6 Å². The van der Waals surface area contributed by atoms with Gasteiger partial charge >= 0.3 is 0 Å². The molecule has 122 valence electrons. The van der Waals surface area contributed by atoms with E-state index in [-0.39, 0.29) is 17.7 Å². The first-order valence-corrected chi connectivity index (χ1v) is 9.29. The molecule has 5 heteroatoms. The Kier molecular flexibility index (Phi) is 5.02. The molecule has 0 fully saturated rings. The molecular weight excluding hydrogens is 328 g/mol. The third-order valence-corrected chi connectivity index (χ3v) is 5.58. The van der Waals surface area contributed by atoms with Gasteiger partial charge in [-0.15, -0.1) is 11.3 Å². The third kappa shape index (κ3) is 3.75. The van der Waals surface area contributed by atoms with Crippen molar-refractivity contribution in [1.29, 1.82) is 0 Å². The fourth-order valence-electron chi connectivity index (χ4n) is 3.10. The molecule has 3 rings (SSSR count). The van der Waals surface area contributed by atoms with E-state index in [1.54, 1.807) is 11.3 Å². The Labute approximate surface area is 146 Å². The van der Waals surface area contributed by atoms with Crippen molar-refractivity contribution in [2.45, 2.75) is 45.4 Å². The number of nitrogens with one attached hydrogen (secondary N) is 1. The normalized spacial score (nSPS) is 15.3. The second-order valence-electron chi connectivity index (χ2n) is 6.36. The molecule has 1 aromatic heterocycles. The Balaban J connectivity index is 1.78. The highest BCUT2D eigenvalue weighted by Gasteiger charge is 2.25. The number of carbonyl (C=O) groups is 1. The second-order valence-corrected chi connectivity index (χ2v) is 7.88. The lowest BCUT2D eigenvalue weighted by Gasteiger charge is -2.20. The molecule has 0 spiro atoms. The van der Waals surface area contributed by atoms with Crippen LogP contribution in [-0.2, 0) is 17.6 Å². The van der Waals surface area contributed by atoms with Crippen LogP contribution in [0.1, 0.15) is 48.7 Å². The number of aryl methyl sites for hydroxylation is 2. The molecule has 1 aliphatic carbocycles. The van der Waals surface area contributed by atoms with Gasteiger partial charge in [0, 0.05) is 9.90 Å². The van der Waals surface area contributed by atoms with E-state index < -0.39 is 0 Å². The smallest absolute Gasteiger partial charge is 0.233 e. The number of amides is 1. The van der Waals surface area contributed by atoms with Crippen LogP contribution < -0.4 is 5.32 Å². The van der Waals surface area contributed by atoms with Gasteiger partial charge in [0.25, 0.3) is 0 Å². The predicted octanol–water partition coefficient (Wildman–Crippen LogP) is 5.05. The topological polar surface area (TPSA) is 42.0 Å². The van der Waals surface area contributed by atoms with Crippen LogP contribution in [0.5, 0.6) is 0 Å². The van der Waals surface area contributed by atoms with E-state index in [4.69, 9.17) is 11.6 Å². The highest BCUT2D eigenvalue weighted by atomic mass is 35.5. The van der Waals surface area contributed by atoms with E-state index in [0.717, 1.165) is 23.5 Å². The lowest BCUT2D eigenvalue weighted by Crippen LogP contribution is -2.25. The summed E-state index contributed by atoms with van der Waals surface area (Å²) in [7, 11) is 0. The lowest BCUT2D eigenvalue weighted by molar-refractivity contribution is -0.118. The van der Waals surface area contributed by atoms with Crippen molar-refractivity contribution in [3.63, 3.8) is 0 Å². The van der Waals surface area contributed by atoms with Crippen molar-refractivity contribution in [2.75, 3.05) is 5.32 Å². The molecule has 1 atom stereocenters. The van der Waals surface area contributed by atoms with Crippen molar-refractivity contribution in [1.82, 2.24) is 4.98 Å². The molecule has 0 bridgehead atoms. The number of aromatic nitrogens is 1. The van der Waals surface area contributed by atoms with Crippen LogP contribution in [0.2, 0.25) is 5.02 Å². The van der Waals surface area contributed by atoms with E-state index >= 15 is 0 Å². The summed E-state index contributed by atoms with van der Waals surface area (Å²) in [5.74, 6) is 0.00683. The van der Waals surface area contributed by atoms with Crippen LogP contribution in [0, 0.1) is 5.92 Å². The number of thiazole rings is 1. The maximum absolute atomic E-state index is 12.8. The Hall–Kier alpha value is -1.39. The largest absolute Gasteiger partial charge is 0.301 e. The summed E-state index contributed by atoms with van der Waals surface area (Å²) in [6.07, 6.45) is 4.55. The van der Waals surface area contributed by atoms with Crippen LogP contribution >= 0.6 is 22.9 Å². The summed E-state index contributed by atoms with van der Waals surface area (Å²) in [6.45, 7) is 4.12. The van der Waals surface area contributed by atoms with Crippen molar-refractivity contribution in [2.24, 2.45) is 5.92 Å². The van der Waals surface area contributed by atoms with Crippen LogP contribution in [0.15, 0.2) is 24.3 Å². The van der Waals surface area contributed by atoms with E-state index in [2.05, 4.69) is 24.1 Å². The minimum atomic E-state index is -0.201. The van der Waals surface area contributed by atoms with Gasteiger partial charge < -0.3 is 5.32 Å². The predicted molar refractivity (Wildman–Crippen MR) is 96.4 cm³/mol. The van der Waals surface area contributed by atoms with Crippen molar-refractivity contribution in [3.8, 4) is 0 Å². The van der Waals surface area contributed by atoms with Gasteiger partial charge in [0.15, 0.2) is 5.13 Å². The fourth-order valence-corrected chi connectivity index (χ4v) is 4.28. The molecule has 2 aromatic rings. The van der Waals surface area contributed by atoms with Crippen molar-refractivity contribution >= 4 is 34.0 Å². The quantitative estimate of drug-likeness (QED) is 0.839. The number of nitrogens with zero attached hydrogens (tertiary/aromatic N) is 1. The minimum absolute atomic E-state index is 0.00780. The fraction of sp³-hybridized carbons (Fsp3) is 0.444. The summed E-state index contributed by atoms with van der Waals surface area (Å²) in [5, 5.41) is 4.45. The molecule has 1 heterocycles. The monoisotopic (exact) mass is 348 g/mol. The minimum Gasteiger partial charge on any atom is -0.301 e. The second kappa shape index (κ2) is 7.02. The Morgan fingerprint density at radius 2 is 1.91 bits per heavy atom. The van der Waals surface area contributed by atoms with Gasteiger partial charge in [-0.25, -0.2) is 4.98 Å². The number of halogens is 1. The van der Waals surface area contributed by atoms with E-state index in [0.29, 0.717) is 5.02 Å². The summed E-state index contributed by atoms with van der Waals surface area (Å²) in [6, 6.07) is 7.53. The zero-order chi connectivity index (χ0) is 16.4. The van der Waals surface area contributed by atoms with Crippen LogP contribution in [0.25, 0.3) is 0 Å². The molecule has 3 nitrogen and oxygen atoms in total. The molecule has 0 unspecified atom stereocenters. The van der Waals surface area contributed by atoms with Gasteiger partial charge in [-0.2, -0.15) is 0 Å². The first-order valence-electron chi connectivity index (χ1n) is 8.09. The Morgan fingerprint density at radius 3 is 2.57 bits per heavy atom. The highest BCUT2D eigenvalue weighted by Crippen LogP contribution is 2.32. The standard InChI is InChI=1S/C18H21ClN2OS/c1-11(2)16(12-7-9-13(19)10-8-12)17(22)21-18-20-14-5-3-4-6-15(14)23-18/h7-11,16H,3-6H2,1-2H3,(H,20,21,22)/t16-/m0/s1. The number of hydrogen-bond acceptors (Lipinski definition) is 3. The molecule has 23 heavy (non-hydrogen) atoms. The number of fused-ring (bicyclic) bond motifs is 1. The summed E-state index contributed by atoms with van der Waals surface area (Å²) >= 11 is 7.58. The molecule has 0 saturated heterocycles. The van der Waals surface area contributed by atoms with E-state index in [9.17, 15) is 4.79 Å². The van der Waals surface area contributed by atoms with E-state index in [1.165, 1.54) is 23.4 Å². The summed E-state index contributed by atoms with van der Waals surface area (Å²) in [5.41, 5.74) is 2.16. The molecule has 0 aliphatic heterocycles. The molecule has 0 saturated carbocycles. The first kappa shape index (κ1) is 16.5. The lowest BCUT2D eigenvalue weighted by atomic mass is 9.88. The van der Waals surface area contributed by atoms with Gasteiger partial charge in [0.05, 0.1) is 11.6 Å². The van der Waals surface area contributed by atoms with Gasteiger partial charge in [0.2, 0.25) is 5.91 Å². The van der Waals surface area contributed by atoms with Gasteiger partial charge in [-0.05, 0) is 49.3 Å². The number of anilines is 1. The Morgan fingerprint density at radius 1 is 1.22 bits per heavy atom. The maximum Gasteiger partial charge on any atom is 0.233 e. The summed E-state index contributed by atoms with van der Waals surface area (Å²) < 4.78 is 0. The number of rotatable bonds is 4. The van der Waals surface area contributed by atoms with Crippen LogP contribution in [-0.4, -0.2) is 10.9 Å². The first-order chi connectivity index (χ1) is 11.0. The molecule has 0 radical (unpaired) electrons. The van der Waals surface area contributed by atoms with E-state index in [1.807, 2.05) is 24.3 Å². The molecule has 1 N–H and O–H groups in total. The summed E-state index contributed by atoms with van der Waals surface area (Å²) in [4.78, 5) is 18.7. The molecule has 1 aliphatic rings. The average Bonchev–Trinajstić information content (AvgIpc) is 2.91. The molecular formula is C18H21ClN2OS. The van der Waals surface area contributed by atoms with Gasteiger partial charge in [0.1, 0.15) is 0 Å². The highest BCUT2D eigenvalue weighted by molar-refractivity contribution is 7.15. The molecule has 1 aromatic carbocycles. The number of hydrogen-bond donors (Lipinski definition) is 1. The molecule has 1 amide bonds. The SMILES string of the molecule is CC(C)[C@H](C(=O)Nc1nc2c(s1)CCCC2)c1ccc(Cl)cc1. The third-order valence-electron chi connectivity index (χ3n) is 4.25. The van der Waals surface area contributed by atoms with Crippen LogP contribution in [0.4, 0.5) is 5.13 Å². The Bertz CT molecular complexity index is 670. The maximum atomic E-state index is 12.8. The van der Waals surface area contributed by atoms with Gasteiger partial charge in [-0.3, -0.25) is 4.79 Å². The zero-order valence-corrected chi connectivity index (χ0v) is 15.0. The van der Waals surface area contributed by atoms with Crippen LogP contribution in [0.3, 0.4) is 0 Å². The number of carbonyl (C=O) groups excluding carboxylic acids is 1. The number of benzene rings is 1. The van der Waals surface area contributed by atoms with Crippen molar-refractivity contribution < 1.29 is 4.79 Å². The average molecular weight is 349 g/mol. The zero-order valence-electron chi connectivity index (χ0n) is 13.4.